The van der Waals surface area contributed by atoms with Crippen molar-refractivity contribution in [3.05, 3.63) is 60.0 Å². The second-order valence-corrected chi connectivity index (χ2v) is 6.96. The summed E-state index contributed by atoms with van der Waals surface area (Å²) in [7, 11) is 1.56. The zero-order valence-corrected chi connectivity index (χ0v) is 16.4. The summed E-state index contributed by atoms with van der Waals surface area (Å²) in [6.07, 6.45) is -4.32. The molecule has 2 heterocycles. The average Bonchev–Trinajstić information content (AvgIpc) is 3.43. The summed E-state index contributed by atoms with van der Waals surface area (Å²) in [4.78, 5) is 17.8. The van der Waals surface area contributed by atoms with E-state index in [4.69, 9.17) is 9.47 Å². The summed E-state index contributed by atoms with van der Waals surface area (Å²) in [6, 6.07) is 13.3. The summed E-state index contributed by atoms with van der Waals surface area (Å²) in [5.74, 6) is -0.575. The van der Waals surface area contributed by atoms with Crippen molar-refractivity contribution in [1.82, 2.24) is 15.0 Å². The maximum Gasteiger partial charge on any atom is 0.471 e. The van der Waals surface area contributed by atoms with E-state index >= 15 is 0 Å². The van der Waals surface area contributed by atoms with Crippen LogP contribution in [0.5, 0.6) is 11.5 Å². The Morgan fingerprint density at radius 1 is 1.16 bits per heavy atom. The van der Waals surface area contributed by atoms with Gasteiger partial charge in [0.1, 0.15) is 17.6 Å². The lowest BCUT2D eigenvalue weighted by molar-refractivity contribution is -0.159. The standard InChI is InChI=1S/C21H18F3N3O4/c1-29-15-7-5-13(6-8-15)19(28)27-10-9-17(12-27)30-16-4-2-3-14(11-16)18-25-20(31-26-18)21(22,23)24/h2-8,11,17H,9-10,12H2,1H3. The predicted octanol–water partition coefficient (Wildman–Crippen LogP) is 4.06. The fourth-order valence-electron chi connectivity index (χ4n) is 3.28. The molecule has 162 valence electrons. The highest BCUT2D eigenvalue weighted by Crippen LogP contribution is 2.30. The van der Waals surface area contributed by atoms with Crippen LogP contribution >= 0.6 is 0 Å². The summed E-state index contributed by atoms with van der Waals surface area (Å²) in [5.41, 5.74) is 0.891. The van der Waals surface area contributed by atoms with Gasteiger partial charge in [-0.2, -0.15) is 18.2 Å². The first-order valence-electron chi connectivity index (χ1n) is 9.45. The van der Waals surface area contributed by atoms with Crippen molar-refractivity contribution in [2.45, 2.75) is 18.7 Å². The Morgan fingerprint density at radius 2 is 1.94 bits per heavy atom. The number of hydrogen-bond donors (Lipinski definition) is 0. The van der Waals surface area contributed by atoms with Crippen LogP contribution in [0.3, 0.4) is 0 Å². The Hall–Kier alpha value is -3.56. The van der Waals surface area contributed by atoms with Gasteiger partial charge in [0.25, 0.3) is 5.91 Å². The largest absolute Gasteiger partial charge is 0.497 e. The number of aromatic nitrogens is 2. The first-order chi connectivity index (χ1) is 14.8. The second kappa shape index (κ2) is 8.29. The normalized spacial score (nSPS) is 16.4. The molecule has 1 saturated heterocycles. The number of alkyl halides is 3. The number of ether oxygens (including phenoxy) is 2. The van der Waals surface area contributed by atoms with Gasteiger partial charge in [-0.05, 0) is 36.4 Å². The molecule has 10 heteroatoms. The number of halogens is 3. The molecule has 0 aliphatic carbocycles. The van der Waals surface area contributed by atoms with Gasteiger partial charge in [0.15, 0.2) is 0 Å². The number of likely N-dealkylation sites (tertiary alicyclic amines) is 1. The van der Waals surface area contributed by atoms with Gasteiger partial charge in [-0.15, -0.1) is 0 Å². The summed E-state index contributed by atoms with van der Waals surface area (Å²) < 4.78 is 53.3. The van der Waals surface area contributed by atoms with Crippen LogP contribution in [-0.2, 0) is 6.18 Å². The monoisotopic (exact) mass is 433 g/mol. The minimum Gasteiger partial charge on any atom is -0.497 e. The minimum atomic E-state index is -4.71. The number of benzene rings is 2. The molecular formula is C21H18F3N3O4. The maximum atomic E-state index is 12.7. The SMILES string of the molecule is COc1ccc(C(=O)N2CCC(Oc3cccc(-c4noc(C(F)(F)F)n4)c3)C2)cc1. The minimum absolute atomic E-state index is 0.103. The predicted molar refractivity (Wildman–Crippen MR) is 103 cm³/mol. The third-order valence-corrected chi connectivity index (χ3v) is 4.83. The molecule has 0 radical (unpaired) electrons. The average molecular weight is 433 g/mol. The zero-order chi connectivity index (χ0) is 22.0. The summed E-state index contributed by atoms with van der Waals surface area (Å²) in [5, 5.41) is 3.38. The van der Waals surface area contributed by atoms with Crippen molar-refractivity contribution in [1.29, 1.82) is 0 Å². The number of carbonyl (C=O) groups is 1. The van der Waals surface area contributed by atoms with Crippen molar-refractivity contribution in [2.24, 2.45) is 0 Å². The van der Waals surface area contributed by atoms with Crippen LogP contribution in [0.25, 0.3) is 11.4 Å². The van der Waals surface area contributed by atoms with Crippen molar-refractivity contribution < 1.29 is 32.0 Å². The molecule has 1 atom stereocenters. The van der Waals surface area contributed by atoms with Gasteiger partial charge in [0.2, 0.25) is 5.82 Å². The van der Waals surface area contributed by atoms with Gasteiger partial charge in [-0.3, -0.25) is 4.79 Å². The van der Waals surface area contributed by atoms with Crippen molar-refractivity contribution in [2.75, 3.05) is 20.2 Å². The Kier molecular flexibility index (Phi) is 5.53. The van der Waals surface area contributed by atoms with Gasteiger partial charge < -0.3 is 18.9 Å². The van der Waals surface area contributed by atoms with Crippen LogP contribution in [0.4, 0.5) is 13.2 Å². The van der Waals surface area contributed by atoms with Crippen molar-refractivity contribution in [3.63, 3.8) is 0 Å². The lowest BCUT2D eigenvalue weighted by atomic mass is 10.2. The molecule has 0 spiro atoms. The third-order valence-electron chi connectivity index (χ3n) is 4.83. The number of hydrogen-bond acceptors (Lipinski definition) is 6. The van der Waals surface area contributed by atoms with Crippen molar-refractivity contribution >= 4 is 5.91 Å². The lowest BCUT2D eigenvalue weighted by Crippen LogP contribution is -2.30. The highest BCUT2D eigenvalue weighted by atomic mass is 19.4. The Morgan fingerprint density at radius 3 is 2.61 bits per heavy atom. The molecule has 1 amide bonds. The highest BCUT2D eigenvalue weighted by Gasteiger charge is 2.38. The highest BCUT2D eigenvalue weighted by molar-refractivity contribution is 5.94. The Bertz CT molecular complexity index is 1070. The van der Waals surface area contributed by atoms with Gasteiger partial charge >= 0.3 is 12.1 Å². The second-order valence-electron chi connectivity index (χ2n) is 6.96. The number of carbonyl (C=O) groups excluding carboxylic acids is 1. The molecule has 1 aromatic heterocycles. The van der Waals surface area contributed by atoms with Crippen LogP contribution in [0.15, 0.2) is 53.1 Å². The lowest BCUT2D eigenvalue weighted by Gasteiger charge is -2.17. The molecule has 7 nitrogen and oxygen atoms in total. The van der Waals surface area contributed by atoms with Gasteiger partial charge in [-0.1, -0.05) is 17.3 Å². The molecule has 3 aromatic rings. The van der Waals surface area contributed by atoms with Gasteiger partial charge in [0, 0.05) is 24.1 Å². The first-order valence-corrected chi connectivity index (χ1v) is 9.45. The number of methoxy groups -OCH3 is 1. The van der Waals surface area contributed by atoms with E-state index in [1.165, 1.54) is 0 Å². The number of rotatable bonds is 5. The van der Waals surface area contributed by atoms with E-state index in [-0.39, 0.29) is 17.8 Å². The molecule has 1 fully saturated rings. The Balaban J connectivity index is 1.40. The van der Waals surface area contributed by atoms with Crippen LogP contribution in [0.2, 0.25) is 0 Å². The maximum absolute atomic E-state index is 12.7. The van der Waals surface area contributed by atoms with E-state index in [2.05, 4.69) is 14.7 Å². The van der Waals surface area contributed by atoms with Crippen molar-refractivity contribution in [3.8, 4) is 22.9 Å². The first kappa shape index (κ1) is 20.7. The molecule has 2 aromatic carbocycles. The zero-order valence-electron chi connectivity index (χ0n) is 16.4. The molecule has 1 aliphatic heterocycles. The van der Waals surface area contributed by atoms with E-state index in [1.54, 1.807) is 60.5 Å². The molecule has 31 heavy (non-hydrogen) atoms. The van der Waals surface area contributed by atoms with Gasteiger partial charge in [0.05, 0.1) is 13.7 Å². The fourth-order valence-corrected chi connectivity index (χ4v) is 3.28. The Labute approximate surface area is 175 Å². The molecule has 0 bridgehead atoms. The fraction of sp³-hybridized carbons (Fsp3) is 0.286. The summed E-state index contributed by atoms with van der Waals surface area (Å²) >= 11 is 0. The number of amides is 1. The third kappa shape index (κ3) is 4.62. The topological polar surface area (TPSA) is 77.7 Å². The molecule has 1 unspecified atom stereocenters. The molecule has 0 saturated carbocycles. The molecule has 1 aliphatic rings. The quantitative estimate of drug-likeness (QED) is 0.604. The van der Waals surface area contributed by atoms with Crippen LogP contribution in [0.1, 0.15) is 22.7 Å². The molecule has 0 N–H and O–H groups in total. The summed E-state index contributed by atoms with van der Waals surface area (Å²) in [6.45, 7) is 0.935. The van der Waals surface area contributed by atoms with E-state index in [0.717, 1.165) is 0 Å². The molecular weight excluding hydrogens is 415 g/mol. The number of nitrogens with zero attached hydrogens (tertiary/aromatic N) is 3. The van der Waals surface area contributed by atoms with Crippen LogP contribution in [0, 0.1) is 0 Å². The van der Waals surface area contributed by atoms with Gasteiger partial charge in [-0.25, -0.2) is 0 Å². The van der Waals surface area contributed by atoms with E-state index in [9.17, 15) is 18.0 Å². The molecule has 4 rings (SSSR count). The van der Waals surface area contributed by atoms with Crippen LogP contribution in [-0.4, -0.2) is 47.3 Å². The van der Waals surface area contributed by atoms with Crippen LogP contribution < -0.4 is 9.47 Å². The van der Waals surface area contributed by atoms with E-state index in [0.29, 0.717) is 42.1 Å². The smallest absolute Gasteiger partial charge is 0.471 e. The van der Waals surface area contributed by atoms with E-state index < -0.39 is 12.1 Å². The van der Waals surface area contributed by atoms with E-state index in [1.807, 2.05) is 0 Å².